The lowest BCUT2D eigenvalue weighted by molar-refractivity contribution is -0.146. The third-order valence-electron chi connectivity index (χ3n) is 4.54. The van der Waals surface area contributed by atoms with Crippen LogP contribution in [0.15, 0.2) is 42.5 Å². The summed E-state index contributed by atoms with van der Waals surface area (Å²) in [6.45, 7) is 4.07. The Morgan fingerprint density at radius 1 is 1.16 bits per heavy atom. The van der Waals surface area contributed by atoms with Crippen molar-refractivity contribution in [1.82, 2.24) is 5.32 Å². The quantitative estimate of drug-likeness (QED) is 0.786. The van der Waals surface area contributed by atoms with Crippen molar-refractivity contribution in [3.8, 4) is 0 Å². The van der Waals surface area contributed by atoms with Gasteiger partial charge >= 0.3 is 5.97 Å². The van der Waals surface area contributed by atoms with Gasteiger partial charge in [-0.3, -0.25) is 4.79 Å². The molecular formula is C20H26N2O3. The molecule has 0 spiro atoms. The molecule has 0 aromatic heterocycles. The van der Waals surface area contributed by atoms with Crippen molar-refractivity contribution < 1.29 is 14.3 Å². The zero-order valence-corrected chi connectivity index (χ0v) is 15.3. The van der Waals surface area contributed by atoms with E-state index in [4.69, 9.17) is 4.74 Å². The van der Waals surface area contributed by atoms with E-state index in [0.717, 1.165) is 22.9 Å². The second-order valence-electron chi connectivity index (χ2n) is 6.34. The lowest BCUT2D eigenvalue weighted by atomic mass is 9.99. The molecule has 134 valence electrons. The largest absolute Gasteiger partial charge is 0.467 e. The molecule has 5 heteroatoms. The second kappa shape index (κ2) is 8.51. The van der Waals surface area contributed by atoms with Gasteiger partial charge in [0.25, 0.3) is 0 Å². The van der Waals surface area contributed by atoms with Crippen molar-refractivity contribution in [3.05, 3.63) is 42.5 Å². The van der Waals surface area contributed by atoms with E-state index in [1.807, 2.05) is 56.1 Å². The van der Waals surface area contributed by atoms with Crippen LogP contribution in [0, 0.1) is 5.92 Å². The molecule has 0 aliphatic rings. The van der Waals surface area contributed by atoms with E-state index in [-0.39, 0.29) is 18.4 Å². The number of carbonyl (C=O) groups is 2. The van der Waals surface area contributed by atoms with Gasteiger partial charge in [-0.2, -0.15) is 0 Å². The number of hydrogen-bond donors (Lipinski definition) is 1. The molecular weight excluding hydrogens is 316 g/mol. The number of esters is 1. The number of hydrogen-bond acceptors (Lipinski definition) is 4. The predicted molar refractivity (Wildman–Crippen MR) is 101 cm³/mol. The van der Waals surface area contributed by atoms with E-state index in [1.165, 1.54) is 7.11 Å². The topological polar surface area (TPSA) is 58.6 Å². The molecule has 2 atom stereocenters. The third-order valence-corrected chi connectivity index (χ3v) is 4.54. The van der Waals surface area contributed by atoms with Gasteiger partial charge in [-0.05, 0) is 28.8 Å². The highest BCUT2D eigenvalue weighted by atomic mass is 16.5. The fourth-order valence-corrected chi connectivity index (χ4v) is 2.74. The fraction of sp³-hybridized carbons (Fsp3) is 0.400. The lowest BCUT2D eigenvalue weighted by Crippen LogP contribution is -2.48. The Hall–Kier alpha value is -2.56. The third kappa shape index (κ3) is 4.72. The van der Waals surface area contributed by atoms with Crippen molar-refractivity contribution in [1.29, 1.82) is 0 Å². The zero-order chi connectivity index (χ0) is 18.4. The summed E-state index contributed by atoms with van der Waals surface area (Å²) < 4.78 is 4.81. The smallest absolute Gasteiger partial charge is 0.328 e. The molecule has 1 N–H and O–H groups in total. The summed E-state index contributed by atoms with van der Waals surface area (Å²) in [5.74, 6) is -0.593. The first-order valence-electron chi connectivity index (χ1n) is 8.53. The van der Waals surface area contributed by atoms with Crippen LogP contribution in [0.3, 0.4) is 0 Å². The molecule has 0 bridgehead atoms. The number of nitrogens with zero attached hydrogens (tertiary/aromatic N) is 1. The van der Waals surface area contributed by atoms with Crippen molar-refractivity contribution in [2.24, 2.45) is 5.92 Å². The van der Waals surface area contributed by atoms with Crippen LogP contribution in [0.2, 0.25) is 0 Å². The molecule has 0 aliphatic carbocycles. The van der Waals surface area contributed by atoms with Gasteiger partial charge in [0.15, 0.2) is 0 Å². The summed E-state index contributed by atoms with van der Waals surface area (Å²) in [4.78, 5) is 26.1. The maximum Gasteiger partial charge on any atom is 0.328 e. The average molecular weight is 342 g/mol. The maximum atomic E-state index is 12.4. The summed E-state index contributed by atoms with van der Waals surface area (Å²) in [6, 6.07) is 13.6. The van der Waals surface area contributed by atoms with Crippen LogP contribution < -0.4 is 10.2 Å². The summed E-state index contributed by atoms with van der Waals surface area (Å²) >= 11 is 0. The molecule has 0 aliphatic heterocycles. The highest BCUT2D eigenvalue weighted by Crippen LogP contribution is 2.21. The SMILES string of the molecule is CC[C@H](C)[C@@H](NC(=O)CN(C)c1ccc2ccccc2c1)C(=O)OC. The van der Waals surface area contributed by atoms with Gasteiger partial charge in [-0.1, -0.05) is 50.6 Å². The number of methoxy groups -OCH3 is 1. The van der Waals surface area contributed by atoms with Crippen LogP contribution in [-0.2, 0) is 14.3 Å². The molecule has 0 unspecified atom stereocenters. The molecule has 5 nitrogen and oxygen atoms in total. The Bertz CT molecular complexity index is 745. The number of nitrogens with one attached hydrogen (secondary N) is 1. The maximum absolute atomic E-state index is 12.4. The Labute approximate surface area is 149 Å². The van der Waals surface area contributed by atoms with Crippen LogP contribution in [0.4, 0.5) is 5.69 Å². The van der Waals surface area contributed by atoms with E-state index >= 15 is 0 Å². The number of carbonyl (C=O) groups excluding carboxylic acids is 2. The number of benzene rings is 2. The first-order valence-corrected chi connectivity index (χ1v) is 8.53. The van der Waals surface area contributed by atoms with Gasteiger partial charge in [0.1, 0.15) is 6.04 Å². The van der Waals surface area contributed by atoms with Crippen molar-refractivity contribution >= 4 is 28.3 Å². The summed E-state index contributed by atoms with van der Waals surface area (Å²) in [7, 11) is 3.20. The van der Waals surface area contributed by atoms with Crippen LogP contribution in [0.25, 0.3) is 10.8 Å². The molecule has 0 saturated heterocycles. The fourth-order valence-electron chi connectivity index (χ4n) is 2.74. The van der Waals surface area contributed by atoms with Crippen LogP contribution in [0.1, 0.15) is 20.3 Å². The van der Waals surface area contributed by atoms with Crippen LogP contribution in [0.5, 0.6) is 0 Å². The van der Waals surface area contributed by atoms with E-state index in [9.17, 15) is 9.59 Å². The van der Waals surface area contributed by atoms with Gasteiger partial charge in [0, 0.05) is 12.7 Å². The minimum Gasteiger partial charge on any atom is -0.467 e. The predicted octanol–water partition coefficient (Wildman–Crippen LogP) is 2.98. The molecule has 1 amide bonds. The minimum atomic E-state index is -0.618. The standard InChI is InChI=1S/C20H26N2O3/c1-5-14(2)19(20(24)25-4)21-18(23)13-22(3)17-11-10-15-8-6-7-9-16(15)12-17/h6-12,14,19H,5,13H2,1-4H3,(H,21,23)/t14-,19+/m0/s1. The first-order chi connectivity index (χ1) is 12.0. The average Bonchev–Trinajstić information content (AvgIpc) is 2.64. The van der Waals surface area contributed by atoms with Crippen molar-refractivity contribution in [2.75, 3.05) is 25.6 Å². The molecule has 0 heterocycles. The molecule has 2 aromatic rings. The van der Waals surface area contributed by atoms with Crippen LogP contribution >= 0.6 is 0 Å². The van der Waals surface area contributed by atoms with Gasteiger partial charge in [0.05, 0.1) is 13.7 Å². The Balaban J connectivity index is 2.05. The number of rotatable bonds is 7. The van der Waals surface area contributed by atoms with E-state index in [2.05, 4.69) is 17.4 Å². The van der Waals surface area contributed by atoms with Gasteiger partial charge in [0.2, 0.25) is 5.91 Å². The molecule has 0 radical (unpaired) electrons. The summed E-state index contributed by atoms with van der Waals surface area (Å²) in [5, 5.41) is 5.08. The second-order valence-corrected chi connectivity index (χ2v) is 6.34. The molecule has 25 heavy (non-hydrogen) atoms. The monoisotopic (exact) mass is 342 g/mol. The number of fused-ring (bicyclic) bond motifs is 1. The molecule has 2 rings (SSSR count). The number of anilines is 1. The van der Waals surface area contributed by atoms with Crippen LogP contribution in [-0.4, -0.2) is 38.6 Å². The van der Waals surface area contributed by atoms with E-state index in [0.29, 0.717) is 0 Å². The number of amides is 1. The summed E-state index contributed by atoms with van der Waals surface area (Å²) in [5.41, 5.74) is 0.951. The molecule has 0 saturated carbocycles. The van der Waals surface area contributed by atoms with E-state index < -0.39 is 12.0 Å². The Morgan fingerprint density at radius 2 is 1.84 bits per heavy atom. The highest BCUT2D eigenvalue weighted by molar-refractivity contribution is 5.89. The van der Waals surface area contributed by atoms with Crippen molar-refractivity contribution in [3.63, 3.8) is 0 Å². The van der Waals surface area contributed by atoms with Gasteiger partial charge in [-0.15, -0.1) is 0 Å². The first kappa shape index (κ1) is 18.8. The molecule has 0 fully saturated rings. The van der Waals surface area contributed by atoms with Gasteiger partial charge < -0.3 is 15.0 Å². The minimum absolute atomic E-state index is 0.0161. The number of ether oxygens (including phenoxy) is 1. The van der Waals surface area contributed by atoms with Gasteiger partial charge in [-0.25, -0.2) is 4.79 Å². The highest BCUT2D eigenvalue weighted by Gasteiger charge is 2.26. The lowest BCUT2D eigenvalue weighted by Gasteiger charge is -2.24. The Kier molecular flexibility index (Phi) is 6.39. The number of likely N-dealkylation sites (N-methyl/N-ethyl adjacent to an activating group) is 1. The molecule has 2 aromatic carbocycles. The summed E-state index contributed by atoms with van der Waals surface area (Å²) in [6.07, 6.45) is 0.778. The zero-order valence-electron chi connectivity index (χ0n) is 15.3. The van der Waals surface area contributed by atoms with E-state index in [1.54, 1.807) is 0 Å². The normalized spacial score (nSPS) is 13.1. The Morgan fingerprint density at radius 3 is 2.48 bits per heavy atom. The van der Waals surface area contributed by atoms with Crippen molar-refractivity contribution in [2.45, 2.75) is 26.3 Å².